The molecule has 0 unspecified atom stereocenters. The first-order chi connectivity index (χ1) is 12.0. The Morgan fingerprint density at radius 1 is 0.923 bits per heavy atom. The Hall–Kier alpha value is -2.55. The van der Waals surface area contributed by atoms with E-state index in [0.717, 1.165) is 12.3 Å². The van der Waals surface area contributed by atoms with E-state index in [1.165, 1.54) is 6.07 Å². The number of alkyl halides is 6. The van der Waals surface area contributed by atoms with Gasteiger partial charge in [0.1, 0.15) is 5.65 Å². The van der Waals surface area contributed by atoms with Crippen LogP contribution in [-0.4, -0.2) is 9.97 Å². The van der Waals surface area contributed by atoms with Crippen LogP contribution in [0.3, 0.4) is 0 Å². The fraction of sp³-hybridized carbons (Fsp3) is 0.125. The number of nitrogens with zero attached hydrogens (tertiary/aromatic N) is 1. The molecule has 3 aromatic rings. The first-order valence-electron chi connectivity index (χ1n) is 6.94. The van der Waals surface area contributed by atoms with Gasteiger partial charge in [-0.15, -0.1) is 0 Å². The Labute approximate surface area is 146 Å². The number of aromatic nitrogens is 2. The maximum absolute atomic E-state index is 13.0. The lowest BCUT2D eigenvalue weighted by Crippen LogP contribution is -2.11. The molecule has 0 atom stereocenters. The molecule has 2 aromatic heterocycles. The lowest BCUT2D eigenvalue weighted by Gasteiger charge is -2.15. The van der Waals surface area contributed by atoms with E-state index in [9.17, 15) is 31.1 Å². The van der Waals surface area contributed by atoms with Crippen LogP contribution in [0.2, 0.25) is 5.02 Å². The molecule has 26 heavy (non-hydrogen) atoms. The Kier molecular flexibility index (Phi) is 4.22. The van der Waals surface area contributed by atoms with E-state index in [1.807, 2.05) is 0 Å². The van der Waals surface area contributed by atoms with Crippen molar-refractivity contribution in [3.05, 3.63) is 63.0 Å². The van der Waals surface area contributed by atoms with E-state index >= 15 is 0 Å². The van der Waals surface area contributed by atoms with Gasteiger partial charge in [0.25, 0.3) is 0 Å². The summed E-state index contributed by atoms with van der Waals surface area (Å²) in [4.78, 5) is 17.5. The van der Waals surface area contributed by atoms with Gasteiger partial charge in [0, 0.05) is 23.2 Å². The molecule has 2 heterocycles. The summed E-state index contributed by atoms with van der Waals surface area (Å²) in [6.07, 6.45) is -8.94. The van der Waals surface area contributed by atoms with Crippen LogP contribution in [0.15, 0.2) is 41.3 Å². The number of aromatic amines is 1. The molecule has 0 saturated heterocycles. The van der Waals surface area contributed by atoms with Crippen molar-refractivity contribution in [2.45, 2.75) is 12.4 Å². The molecule has 0 fully saturated rings. The summed E-state index contributed by atoms with van der Waals surface area (Å²) in [6.45, 7) is 0. The summed E-state index contributed by atoms with van der Waals surface area (Å²) in [7, 11) is 0. The second-order valence-corrected chi connectivity index (χ2v) is 5.74. The highest BCUT2D eigenvalue weighted by atomic mass is 35.5. The molecular weight excluding hydrogens is 386 g/mol. The Morgan fingerprint density at radius 2 is 1.50 bits per heavy atom. The molecule has 0 aliphatic rings. The highest BCUT2D eigenvalue weighted by Crippen LogP contribution is 2.40. The summed E-state index contributed by atoms with van der Waals surface area (Å²) in [5, 5.41) is 0.0634. The number of H-pyrrole nitrogens is 1. The zero-order valence-electron chi connectivity index (χ0n) is 12.5. The van der Waals surface area contributed by atoms with Gasteiger partial charge in [-0.1, -0.05) is 11.6 Å². The molecule has 0 amide bonds. The number of pyridine rings is 2. The van der Waals surface area contributed by atoms with Crippen molar-refractivity contribution in [3.63, 3.8) is 0 Å². The van der Waals surface area contributed by atoms with Crippen LogP contribution in [0, 0.1) is 0 Å². The third-order valence-corrected chi connectivity index (χ3v) is 4.00. The lowest BCUT2D eigenvalue weighted by molar-refractivity contribution is -0.143. The molecule has 0 saturated carbocycles. The summed E-state index contributed by atoms with van der Waals surface area (Å²) >= 11 is 6.14. The van der Waals surface area contributed by atoms with Gasteiger partial charge in [0.2, 0.25) is 5.56 Å². The predicted molar refractivity (Wildman–Crippen MR) is 82.8 cm³/mol. The lowest BCUT2D eigenvalue weighted by atomic mass is 9.99. The van der Waals surface area contributed by atoms with Crippen molar-refractivity contribution in [2.75, 3.05) is 0 Å². The standard InChI is InChI=1S/C16H7ClF6N2O/c17-13-10-1-2-12(26)25-14(10)24-6-11(13)7-3-8(15(18,19)20)5-9(4-7)16(21,22)23/h1-6H,(H,24,25,26). The Morgan fingerprint density at radius 3 is 2.04 bits per heavy atom. The van der Waals surface area contributed by atoms with E-state index in [0.29, 0.717) is 12.1 Å². The number of hydrogen-bond acceptors (Lipinski definition) is 2. The van der Waals surface area contributed by atoms with Gasteiger partial charge in [0.15, 0.2) is 0 Å². The van der Waals surface area contributed by atoms with Crippen LogP contribution in [0.1, 0.15) is 11.1 Å². The zero-order valence-corrected chi connectivity index (χ0v) is 13.2. The van der Waals surface area contributed by atoms with Crippen molar-refractivity contribution in [3.8, 4) is 11.1 Å². The maximum Gasteiger partial charge on any atom is 0.416 e. The molecule has 0 spiro atoms. The van der Waals surface area contributed by atoms with Crippen molar-refractivity contribution in [1.82, 2.24) is 9.97 Å². The van der Waals surface area contributed by atoms with Gasteiger partial charge in [0.05, 0.1) is 16.1 Å². The Balaban J connectivity index is 2.29. The smallest absolute Gasteiger partial charge is 0.307 e. The number of halogens is 7. The number of benzene rings is 1. The van der Waals surface area contributed by atoms with Crippen LogP contribution in [0.5, 0.6) is 0 Å². The monoisotopic (exact) mass is 392 g/mol. The largest absolute Gasteiger partial charge is 0.416 e. The molecular formula is C16H7ClF6N2O. The first kappa shape index (κ1) is 18.2. The van der Waals surface area contributed by atoms with Crippen molar-refractivity contribution in [2.24, 2.45) is 0 Å². The minimum absolute atomic E-state index is 0.0311. The fourth-order valence-electron chi connectivity index (χ4n) is 2.39. The quantitative estimate of drug-likeness (QED) is 0.573. The van der Waals surface area contributed by atoms with Gasteiger partial charge >= 0.3 is 12.4 Å². The molecule has 0 radical (unpaired) electrons. The SMILES string of the molecule is O=c1ccc2c(Cl)c(-c3cc(C(F)(F)F)cc(C(F)(F)F)c3)cnc2[nH]1. The van der Waals surface area contributed by atoms with Gasteiger partial charge in [-0.25, -0.2) is 4.98 Å². The van der Waals surface area contributed by atoms with Crippen molar-refractivity contribution in [1.29, 1.82) is 0 Å². The first-order valence-corrected chi connectivity index (χ1v) is 7.32. The van der Waals surface area contributed by atoms with Crippen LogP contribution in [-0.2, 0) is 12.4 Å². The predicted octanol–water partition coefficient (Wildman–Crippen LogP) is 5.28. The van der Waals surface area contributed by atoms with E-state index in [4.69, 9.17) is 11.6 Å². The topological polar surface area (TPSA) is 45.8 Å². The summed E-state index contributed by atoms with van der Waals surface area (Å²) < 4.78 is 78.0. The Bertz CT molecular complexity index is 1020. The molecule has 1 N–H and O–H groups in total. The molecule has 0 bridgehead atoms. The van der Waals surface area contributed by atoms with Crippen molar-refractivity contribution < 1.29 is 26.3 Å². The van der Waals surface area contributed by atoms with Crippen LogP contribution in [0.25, 0.3) is 22.2 Å². The normalized spacial score (nSPS) is 12.6. The molecule has 0 aliphatic heterocycles. The zero-order chi connectivity index (χ0) is 19.3. The molecule has 3 nitrogen and oxygen atoms in total. The van der Waals surface area contributed by atoms with E-state index in [1.54, 1.807) is 0 Å². The van der Waals surface area contributed by atoms with Gasteiger partial charge in [-0.2, -0.15) is 26.3 Å². The minimum atomic E-state index is -4.97. The number of nitrogens with one attached hydrogen (secondary N) is 1. The summed E-state index contributed by atoms with van der Waals surface area (Å²) in [6, 6.07) is 3.56. The van der Waals surface area contributed by atoms with E-state index in [2.05, 4.69) is 9.97 Å². The molecule has 3 rings (SSSR count). The van der Waals surface area contributed by atoms with Crippen molar-refractivity contribution >= 4 is 22.6 Å². The van der Waals surface area contributed by atoms with E-state index in [-0.39, 0.29) is 27.7 Å². The average Bonchev–Trinajstić information content (AvgIpc) is 2.53. The number of rotatable bonds is 1. The third kappa shape index (κ3) is 3.39. The molecule has 1 aromatic carbocycles. The second kappa shape index (κ2) is 6.01. The van der Waals surface area contributed by atoms with Gasteiger partial charge < -0.3 is 4.98 Å². The van der Waals surface area contributed by atoms with Gasteiger partial charge in [-0.3, -0.25) is 4.79 Å². The average molecular weight is 393 g/mol. The van der Waals surface area contributed by atoms with Crippen LogP contribution >= 0.6 is 11.6 Å². The molecule has 0 aliphatic carbocycles. The molecule has 10 heteroatoms. The highest BCUT2D eigenvalue weighted by Gasteiger charge is 2.37. The summed E-state index contributed by atoms with van der Waals surface area (Å²) in [5.74, 6) is 0. The summed E-state index contributed by atoms with van der Waals surface area (Å²) in [5.41, 5.74) is -3.85. The van der Waals surface area contributed by atoms with Gasteiger partial charge in [-0.05, 0) is 29.8 Å². The maximum atomic E-state index is 13.0. The number of fused-ring (bicyclic) bond motifs is 1. The fourth-order valence-corrected chi connectivity index (χ4v) is 2.70. The van der Waals surface area contributed by atoms with Crippen LogP contribution < -0.4 is 5.56 Å². The third-order valence-electron chi connectivity index (χ3n) is 3.59. The minimum Gasteiger partial charge on any atom is -0.307 e. The second-order valence-electron chi connectivity index (χ2n) is 5.37. The molecule has 136 valence electrons. The van der Waals surface area contributed by atoms with E-state index < -0.39 is 34.6 Å². The van der Waals surface area contributed by atoms with Crippen LogP contribution in [0.4, 0.5) is 26.3 Å². The number of hydrogen-bond donors (Lipinski definition) is 1. The highest BCUT2D eigenvalue weighted by molar-refractivity contribution is 6.37.